The third kappa shape index (κ3) is 4.46. The minimum atomic E-state index is -0.185. The lowest BCUT2D eigenvalue weighted by molar-refractivity contribution is 0.443. The second-order valence-corrected chi connectivity index (χ2v) is 17.1. The monoisotopic (exact) mass is 699 g/mol. The zero-order valence-corrected chi connectivity index (χ0v) is 31.7. The minimum Gasteiger partial charge on any atom is -0.454 e. The summed E-state index contributed by atoms with van der Waals surface area (Å²) in [7, 11) is 0. The average molecular weight is 700 g/mol. The summed E-state index contributed by atoms with van der Waals surface area (Å²) in [5, 5.41) is 4.95. The van der Waals surface area contributed by atoms with Crippen LogP contribution < -0.4 is 4.90 Å². The normalized spacial score (nSPS) is 16.7. The number of nitrogens with zero attached hydrogens (tertiary/aromatic N) is 1. The van der Waals surface area contributed by atoms with Gasteiger partial charge in [-0.05, 0) is 128 Å². The number of fused-ring (bicyclic) bond motifs is 11. The van der Waals surface area contributed by atoms with Crippen molar-refractivity contribution >= 4 is 49.8 Å². The van der Waals surface area contributed by atoms with E-state index in [1.165, 1.54) is 92.9 Å². The molecule has 8 aromatic rings. The number of rotatable bonds is 4. The number of furan rings is 1. The first-order chi connectivity index (χ1) is 26.3. The molecule has 1 heterocycles. The molecular weight excluding hydrogens is 655 g/mol. The van der Waals surface area contributed by atoms with E-state index in [2.05, 4.69) is 166 Å². The van der Waals surface area contributed by atoms with Crippen LogP contribution in [-0.2, 0) is 10.8 Å². The second-order valence-electron chi connectivity index (χ2n) is 17.1. The summed E-state index contributed by atoms with van der Waals surface area (Å²) in [6.07, 6.45) is 6.63. The van der Waals surface area contributed by atoms with Crippen LogP contribution in [0.25, 0.3) is 55.0 Å². The second kappa shape index (κ2) is 11.5. The number of anilines is 3. The van der Waals surface area contributed by atoms with Crippen molar-refractivity contribution in [3.63, 3.8) is 0 Å². The molecule has 0 saturated heterocycles. The lowest BCUT2D eigenvalue weighted by Gasteiger charge is -2.29. The van der Waals surface area contributed by atoms with Crippen molar-refractivity contribution in [1.29, 1.82) is 0 Å². The highest BCUT2D eigenvalue weighted by Gasteiger charge is 2.42. The maximum Gasteiger partial charge on any atom is 0.159 e. The standard InChI is InChI=1S/C52H45NO/c1-51(2)43-28-23-34-15-8-9-16-37(34)49(43)42-31-45-41(30-46(42)51)38-27-26-36(29-44(38)52(45,3)4)53(35-24-21-33(22-25-35)32-13-6-5-7-14-32)47-19-12-18-40-39-17-10-11-20-48(39)54-50(40)47/h8-12,15-32H,5-7,13-14H2,1-4H3. The molecule has 1 saturated carbocycles. The van der Waals surface area contributed by atoms with Crippen LogP contribution in [0.5, 0.6) is 0 Å². The smallest absolute Gasteiger partial charge is 0.159 e. The topological polar surface area (TPSA) is 16.4 Å². The Bertz CT molecular complexity index is 2810. The highest BCUT2D eigenvalue weighted by Crippen LogP contribution is 2.58. The van der Waals surface area contributed by atoms with E-state index < -0.39 is 0 Å². The van der Waals surface area contributed by atoms with Crippen molar-refractivity contribution in [1.82, 2.24) is 0 Å². The minimum absolute atomic E-state index is 0.0809. The summed E-state index contributed by atoms with van der Waals surface area (Å²) in [6.45, 7) is 9.64. The van der Waals surface area contributed by atoms with Gasteiger partial charge in [0.25, 0.3) is 0 Å². The molecule has 54 heavy (non-hydrogen) atoms. The molecule has 264 valence electrons. The first-order valence-corrected chi connectivity index (χ1v) is 20.0. The fourth-order valence-corrected chi connectivity index (χ4v) is 10.5. The Kier molecular flexibility index (Phi) is 6.76. The average Bonchev–Trinajstić information content (AvgIpc) is 3.78. The van der Waals surface area contributed by atoms with Crippen molar-refractivity contribution in [2.45, 2.75) is 76.5 Å². The van der Waals surface area contributed by atoms with Gasteiger partial charge in [-0.1, -0.05) is 132 Å². The molecule has 0 aliphatic heterocycles. The van der Waals surface area contributed by atoms with Gasteiger partial charge in [0.05, 0.1) is 5.69 Å². The highest BCUT2D eigenvalue weighted by atomic mass is 16.3. The molecule has 0 amide bonds. The molecule has 0 unspecified atom stereocenters. The van der Waals surface area contributed by atoms with Crippen LogP contribution in [0.3, 0.4) is 0 Å². The van der Waals surface area contributed by atoms with Crippen molar-refractivity contribution in [2.75, 3.05) is 4.90 Å². The van der Waals surface area contributed by atoms with Crippen LogP contribution in [-0.4, -0.2) is 0 Å². The third-order valence-corrected chi connectivity index (χ3v) is 13.5. The molecule has 11 rings (SSSR count). The first kappa shape index (κ1) is 31.9. The molecule has 0 N–H and O–H groups in total. The van der Waals surface area contributed by atoms with Crippen molar-refractivity contribution in [3.05, 3.63) is 161 Å². The van der Waals surface area contributed by atoms with Gasteiger partial charge in [0.2, 0.25) is 0 Å². The lowest BCUT2D eigenvalue weighted by Crippen LogP contribution is -2.17. The Balaban J connectivity index is 1.08. The van der Waals surface area contributed by atoms with Crippen LogP contribution in [0.15, 0.2) is 138 Å². The Hall–Kier alpha value is -5.60. The van der Waals surface area contributed by atoms with E-state index in [1.807, 2.05) is 0 Å². The summed E-state index contributed by atoms with van der Waals surface area (Å²) >= 11 is 0. The molecular formula is C52H45NO. The van der Waals surface area contributed by atoms with E-state index in [0.29, 0.717) is 5.92 Å². The molecule has 3 aliphatic rings. The van der Waals surface area contributed by atoms with Gasteiger partial charge in [0.15, 0.2) is 5.58 Å². The summed E-state index contributed by atoms with van der Waals surface area (Å²) in [5.41, 5.74) is 17.6. The number of hydrogen-bond donors (Lipinski definition) is 0. The molecule has 0 radical (unpaired) electrons. The van der Waals surface area contributed by atoms with Crippen LogP contribution in [0.2, 0.25) is 0 Å². The molecule has 1 aromatic heterocycles. The summed E-state index contributed by atoms with van der Waals surface area (Å²) < 4.78 is 6.69. The van der Waals surface area contributed by atoms with E-state index in [1.54, 1.807) is 0 Å². The SMILES string of the molecule is CC1(C)c2cc(N(c3ccc(C4CCCCC4)cc3)c3cccc4c3oc3ccccc34)ccc2-c2cc3c(cc21)-c1c(ccc2ccccc12)C3(C)C. The van der Waals surface area contributed by atoms with E-state index in [0.717, 1.165) is 39.0 Å². The van der Waals surface area contributed by atoms with Gasteiger partial charge in [0, 0.05) is 33.0 Å². The van der Waals surface area contributed by atoms with E-state index in [4.69, 9.17) is 4.42 Å². The summed E-state index contributed by atoms with van der Waals surface area (Å²) in [5.74, 6) is 0.663. The predicted molar refractivity (Wildman–Crippen MR) is 227 cm³/mol. The zero-order valence-electron chi connectivity index (χ0n) is 31.7. The Morgan fingerprint density at radius 1 is 0.519 bits per heavy atom. The number of para-hydroxylation sites is 2. The quantitative estimate of drug-likeness (QED) is 0.182. The fourth-order valence-electron chi connectivity index (χ4n) is 10.5. The predicted octanol–water partition coefficient (Wildman–Crippen LogP) is 14.9. The van der Waals surface area contributed by atoms with Crippen LogP contribution >= 0.6 is 0 Å². The van der Waals surface area contributed by atoms with E-state index in [9.17, 15) is 0 Å². The van der Waals surface area contributed by atoms with Gasteiger partial charge in [-0.15, -0.1) is 0 Å². The molecule has 7 aromatic carbocycles. The zero-order chi connectivity index (χ0) is 36.3. The van der Waals surface area contributed by atoms with Crippen molar-refractivity contribution in [2.24, 2.45) is 0 Å². The Morgan fingerprint density at radius 3 is 2.02 bits per heavy atom. The summed E-state index contributed by atoms with van der Waals surface area (Å²) in [4.78, 5) is 2.43. The number of hydrogen-bond acceptors (Lipinski definition) is 2. The van der Waals surface area contributed by atoms with E-state index in [-0.39, 0.29) is 10.8 Å². The van der Waals surface area contributed by atoms with Crippen LogP contribution in [0, 0.1) is 0 Å². The molecule has 2 heteroatoms. The first-order valence-electron chi connectivity index (χ1n) is 20.0. The molecule has 0 spiro atoms. The van der Waals surface area contributed by atoms with Gasteiger partial charge in [-0.3, -0.25) is 0 Å². The Morgan fingerprint density at radius 2 is 1.19 bits per heavy atom. The third-order valence-electron chi connectivity index (χ3n) is 13.5. The van der Waals surface area contributed by atoms with Gasteiger partial charge in [-0.2, -0.15) is 0 Å². The summed E-state index contributed by atoms with van der Waals surface area (Å²) in [6, 6.07) is 50.3. The maximum absolute atomic E-state index is 6.69. The Labute approximate surface area is 318 Å². The lowest BCUT2D eigenvalue weighted by atomic mass is 9.79. The maximum atomic E-state index is 6.69. The fraction of sp³-hybridized carbons (Fsp3) is 0.231. The number of benzene rings is 7. The van der Waals surface area contributed by atoms with Gasteiger partial charge >= 0.3 is 0 Å². The molecule has 2 nitrogen and oxygen atoms in total. The van der Waals surface area contributed by atoms with Crippen LogP contribution in [0.4, 0.5) is 17.1 Å². The largest absolute Gasteiger partial charge is 0.454 e. The highest BCUT2D eigenvalue weighted by molar-refractivity contribution is 6.10. The van der Waals surface area contributed by atoms with Crippen molar-refractivity contribution in [3.8, 4) is 22.3 Å². The van der Waals surface area contributed by atoms with Gasteiger partial charge in [0.1, 0.15) is 5.58 Å². The van der Waals surface area contributed by atoms with Gasteiger partial charge in [-0.25, -0.2) is 0 Å². The van der Waals surface area contributed by atoms with Gasteiger partial charge < -0.3 is 9.32 Å². The molecule has 1 fully saturated rings. The van der Waals surface area contributed by atoms with Crippen LogP contribution in [0.1, 0.15) is 93.5 Å². The molecule has 3 aliphatic carbocycles. The van der Waals surface area contributed by atoms with Crippen molar-refractivity contribution < 1.29 is 4.42 Å². The molecule has 0 atom stereocenters. The van der Waals surface area contributed by atoms with E-state index >= 15 is 0 Å². The molecule has 0 bridgehead atoms.